The topological polar surface area (TPSA) is 67.9 Å². The molecule has 1 aromatic rings. The molecule has 4 rings (SSSR count). The number of methoxy groups -OCH3 is 2. The summed E-state index contributed by atoms with van der Waals surface area (Å²) in [7, 11) is 4.87. The van der Waals surface area contributed by atoms with E-state index in [-0.39, 0.29) is 23.5 Å². The molecular formula is C21H26N2O4. The van der Waals surface area contributed by atoms with E-state index in [2.05, 4.69) is 11.9 Å². The van der Waals surface area contributed by atoms with Crippen molar-refractivity contribution in [2.75, 3.05) is 21.3 Å². The van der Waals surface area contributed by atoms with Crippen LogP contribution in [-0.4, -0.2) is 44.2 Å². The highest BCUT2D eigenvalue weighted by Gasteiger charge is 2.67. The number of ether oxygens (including phenoxy) is 2. The Morgan fingerprint density at radius 1 is 1.26 bits per heavy atom. The molecule has 2 fully saturated rings. The third-order valence-electron chi connectivity index (χ3n) is 6.85. The third-order valence-corrected chi connectivity index (χ3v) is 6.85. The Balaban J connectivity index is 1.87. The molecule has 1 atom stereocenters. The molecule has 144 valence electrons. The van der Waals surface area contributed by atoms with Gasteiger partial charge >= 0.3 is 6.03 Å². The second-order valence-electron chi connectivity index (χ2n) is 7.94. The van der Waals surface area contributed by atoms with Crippen molar-refractivity contribution >= 4 is 17.7 Å². The average Bonchev–Trinajstić information content (AvgIpc) is 3.08. The quantitative estimate of drug-likeness (QED) is 0.656. The van der Waals surface area contributed by atoms with Crippen LogP contribution in [0.4, 0.5) is 4.79 Å². The van der Waals surface area contributed by atoms with E-state index in [1.54, 1.807) is 21.3 Å². The van der Waals surface area contributed by atoms with Gasteiger partial charge in [-0.2, -0.15) is 0 Å². The smallest absolute Gasteiger partial charge is 0.325 e. The van der Waals surface area contributed by atoms with Crippen molar-refractivity contribution in [1.82, 2.24) is 10.2 Å². The average molecular weight is 370 g/mol. The molecule has 1 N–H and O–H groups in total. The van der Waals surface area contributed by atoms with Crippen LogP contribution in [0.3, 0.4) is 0 Å². The Morgan fingerprint density at radius 3 is 2.52 bits per heavy atom. The minimum absolute atomic E-state index is 0.165. The van der Waals surface area contributed by atoms with Crippen molar-refractivity contribution in [3.63, 3.8) is 0 Å². The number of rotatable bonds is 3. The summed E-state index contributed by atoms with van der Waals surface area (Å²) in [5.74, 6) is 0.379. The number of fused-ring (bicyclic) bond motifs is 3. The predicted molar refractivity (Wildman–Crippen MR) is 101 cm³/mol. The van der Waals surface area contributed by atoms with Gasteiger partial charge in [0.05, 0.1) is 13.2 Å². The van der Waals surface area contributed by atoms with Gasteiger partial charge in [-0.1, -0.05) is 18.7 Å². The van der Waals surface area contributed by atoms with Gasteiger partial charge in [0, 0.05) is 25.1 Å². The second-order valence-corrected chi connectivity index (χ2v) is 7.94. The maximum Gasteiger partial charge on any atom is 0.325 e. The maximum atomic E-state index is 13.4. The number of benzene rings is 1. The summed E-state index contributed by atoms with van der Waals surface area (Å²) in [6.07, 6.45) is 4.43. The van der Waals surface area contributed by atoms with Gasteiger partial charge in [-0.15, -0.1) is 0 Å². The van der Waals surface area contributed by atoms with E-state index in [0.717, 1.165) is 48.8 Å². The number of imide groups is 1. The molecule has 0 radical (unpaired) electrons. The fourth-order valence-electron chi connectivity index (χ4n) is 5.27. The number of urea groups is 1. The van der Waals surface area contributed by atoms with E-state index in [1.165, 1.54) is 4.90 Å². The lowest BCUT2D eigenvalue weighted by Gasteiger charge is -2.46. The van der Waals surface area contributed by atoms with Gasteiger partial charge in [0.2, 0.25) is 0 Å². The highest BCUT2D eigenvalue weighted by atomic mass is 16.5. The van der Waals surface area contributed by atoms with Gasteiger partial charge in [0.25, 0.3) is 5.91 Å². The lowest BCUT2D eigenvalue weighted by molar-refractivity contribution is -0.137. The van der Waals surface area contributed by atoms with Crippen molar-refractivity contribution < 1.29 is 19.1 Å². The molecule has 0 aromatic heterocycles. The zero-order chi connectivity index (χ0) is 19.4. The molecule has 1 aliphatic heterocycles. The number of nitrogens with one attached hydrogen (secondary N) is 1. The number of likely N-dealkylation sites (N-methyl/N-ethyl adjacent to an activating group) is 1. The molecule has 2 spiro atoms. The van der Waals surface area contributed by atoms with Crippen LogP contribution in [0.1, 0.15) is 42.4 Å². The molecule has 2 aliphatic carbocycles. The molecule has 6 heteroatoms. The van der Waals surface area contributed by atoms with Crippen molar-refractivity contribution in [3.05, 3.63) is 41.5 Å². The highest BCUT2D eigenvalue weighted by Crippen LogP contribution is 2.60. The number of hydrogen-bond acceptors (Lipinski definition) is 4. The lowest BCUT2D eigenvalue weighted by atomic mass is 9.61. The van der Waals surface area contributed by atoms with Gasteiger partial charge in [-0.05, 0) is 49.3 Å². The minimum Gasteiger partial charge on any atom is -0.497 e. The van der Waals surface area contributed by atoms with Gasteiger partial charge < -0.3 is 14.8 Å². The maximum absolute atomic E-state index is 13.4. The molecule has 1 unspecified atom stereocenters. The summed E-state index contributed by atoms with van der Waals surface area (Å²) in [5, 5.41) is 3.09. The van der Waals surface area contributed by atoms with Crippen molar-refractivity contribution in [2.24, 2.45) is 5.41 Å². The van der Waals surface area contributed by atoms with Crippen LogP contribution >= 0.6 is 0 Å². The minimum atomic E-state index is -1.02. The lowest BCUT2D eigenvalue weighted by Crippen LogP contribution is -2.56. The van der Waals surface area contributed by atoms with Gasteiger partial charge in [0.1, 0.15) is 5.76 Å². The van der Waals surface area contributed by atoms with Gasteiger partial charge in [-0.3, -0.25) is 9.69 Å². The fraction of sp³-hybridized carbons (Fsp3) is 0.524. The first-order valence-corrected chi connectivity index (χ1v) is 9.38. The molecule has 3 amide bonds. The Kier molecular flexibility index (Phi) is 4.07. The van der Waals surface area contributed by atoms with E-state index in [9.17, 15) is 9.59 Å². The Morgan fingerprint density at radius 2 is 1.96 bits per heavy atom. The summed E-state index contributed by atoms with van der Waals surface area (Å²) in [5.41, 5.74) is 1.49. The van der Waals surface area contributed by atoms with Crippen molar-refractivity contribution in [3.8, 4) is 0 Å². The molecule has 1 aromatic carbocycles. The SMILES string of the molecule is C=C(OC)c1ccc2c(c1)C1(NC(=O)N(C)C1=O)C1(CCC(OC)CC1)C2. The molecular weight excluding hydrogens is 344 g/mol. The van der Waals surface area contributed by atoms with E-state index in [1.807, 2.05) is 18.2 Å². The number of amides is 3. The van der Waals surface area contributed by atoms with Crippen molar-refractivity contribution in [1.29, 1.82) is 0 Å². The van der Waals surface area contributed by atoms with Gasteiger partial charge in [-0.25, -0.2) is 4.79 Å². The third kappa shape index (κ3) is 2.29. The molecule has 6 nitrogen and oxygen atoms in total. The summed E-state index contributed by atoms with van der Waals surface area (Å²) in [6.45, 7) is 3.94. The number of carbonyl (C=O) groups excluding carboxylic acids is 2. The van der Waals surface area contributed by atoms with E-state index in [0.29, 0.717) is 5.76 Å². The molecule has 1 heterocycles. The van der Waals surface area contributed by atoms with Crippen LogP contribution in [0.15, 0.2) is 24.8 Å². The van der Waals surface area contributed by atoms with Crippen LogP contribution in [-0.2, 0) is 26.2 Å². The zero-order valence-electron chi connectivity index (χ0n) is 16.1. The van der Waals surface area contributed by atoms with Crippen molar-refractivity contribution in [2.45, 2.75) is 43.7 Å². The molecule has 1 saturated carbocycles. The molecule has 27 heavy (non-hydrogen) atoms. The number of hydrogen-bond donors (Lipinski definition) is 1. The first kappa shape index (κ1) is 18.0. The van der Waals surface area contributed by atoms with Gasteiger partial charge in [0.15, 0.2) is 5.54 Å². The van der Waals surface area contributed by atoms with E-state index < -0.39 is 5.54 Å². The normalized spacial score (nSPS) is 32.1. The second kappa shape index (κ2) is 6.09. The van der Waals surface area contributed by atoms with Crippen LogP contribution in [0.5, 0.6) is 0 Å². The van der Waals surface area contributed by atoms with Crippen LogP contribution in [0.2, 0.25) is 0 Å². The summed E-state index contributed by atoms with van der Waals surface area (Å²) in [4.78, 5) is 27.2. The number of carbonyl (C=O) groups is 2. The summed E-state index contributed by atoms with van der Waals surface area (Å²) >= 11 is 0. The Hall–Kier alpha value is -2.34. The highest BCUT2D eigenvalue weighted by molar-refractivity contribution is 6.08. The standard InChI is InChI=1S/C21H26N2O4/c1-13(26-3)14-5-6-15-12-20(9-7-16(27-4)8-10-20)21(17(15)11-14)18(24)23(2)19(25)22-21/h5-6,11,16H,1,7-10,12H2,2-4H3,(H,22,25). The Bertz CT molecular complexity index is 825. The van der Waals surface area contributed by atoms with E-state index >= 15 is 0 Å². The molecule has 3 aliphatic rings. The first-order valence-electron chi connectivity index (χ1n) is 9.38. The fourth-order valence-corrected chi connectivity index (χ4v) is 5.27. The summed E-state index contributed by atoms with van der Waals surface area (Å²) < 4.78 is 10.8. The molecule has 1 saturated heterocycles. The summed E-state index contributed by atoms with van der Waals surface area (Å²) in [6, 6.07) is 5.65. The van der Waals surface area contributed by atoms with Crippen LogP contribution < -0.4 is 5.32 Å². The Labute approximate surface area is 159 Å². The predicted octanol–water partition coefficient (Wildman–Crippen LogP) is 2.81. The monoisotopic (exact) mass is 370 g/mol. The number of nitrogens with zero attached hydrogens (tertiary/aromatic N) is 1. The zero-order valence-corrected chi connectivity index (χ0v) is 16.1. The molecule has 0 bridgehead atoms. The van der Waals surface area contributed by atoms with E-state index in [4.69, 9.17) is 9.47 Å². The largest absolute Gasteiger partial charge is 0.497 e. The van der Waals surface area contributed by atoms with Crippen LogP contribution in [0.25, 0.3) is 5.76 Å². The first-order chi connectivity index (χ1) is 12.9. The van der Waals surface area contributed by atoms with Crippen LogP contribution in [0, 0.1) is 5.41 Å².